The molecule has 0 amide bonds. The number of nitrogens with two attached hydrogens (primary N) is 1. The lowest BCUT2D eigenvalue weighted by Gasteiger charge is -2.26. The molecule has 0 saturated carbocycles. The van der Waals surface area contributed by atoms with Gasteiger partial charge in [-0.2, -0.15) is 0 Å². The summed E-state index contributed by atoms with van der Waals surface area (Å²) in [6.45, 7) is 0.849. The molecule has 3 rings (SSSR count). The second-order valence-corrected chi connectivity index (χ2v) is 7.97. The summed E-state index contributed by atoms with van der Waals surface area (Å²) in [5.74, 6) is -1.36. The molecule has 0 radical (unpaired) electrons. The lowest BCUT2D eigenvalue weighted by atomic mass is 9.95. The van der Waals surface area contributed by atoms with E-state index in [1.54, 1.807) is 12.1 Å². The molecular formula is C18H17ClF2N2O3S. The number of rotatable bonds is 5. The SMILES string of the molecule is NS(=O)(=O)c1cc(Cl)c(OCC2NCCC=C2c2ccc(F)cc2)cc1F. The van der Waals surface area contributed by atoms with Gasteiger partial charge in [-0.25, -0.2) is 22.3 Å². The number of hydrogen-bond donors (Lipinski definition) is 2. The molecule has 0 fully saturated rings. The highest BCUT2D eigenvalue weighted by atomic mass is 35.5. The van der Waals surface area contributed by atoms with Crippen LogP contribution in [0.5, 0.6) is 5.75 Å². The fraction of sp³-hybridized carbons (Fsp3) is 0.222. The molecule has 2 aromatic carbocycles. The summed E-state index contributed by atoms with van der Waals surface area (Å²) in [6, 6.07) is 7.70. The minimum Gasteiger partial charge on any atom is -0.490 e. The molecule has 0 aliphatic carbocycles. The summed E-state index contributed by atoms with van der Waals surface area (Å²) in [7, 11) is -4.22. The first kappa shape index (κ1) is 19.8. The normalized spacial score (nSPS) is 17.5. The van der Waals surface area contributed by atoms with Crippen LogP contribution < -0.4 is 15.2 Å². The van der Waals surface area contributed by atoms with Crippen LogP contribution in [0.25, 0.3) is 5.57 Å². The first-order chi connectivity index (χ1) is 12.8. The maximum atomic E-state index is 14.0. The predicted molar refractivity (Wildman–Crippen MR) is 99.1 cm³/mol. The van der Waals surface area contributed by atoms with Gasteiger partial charge in [0.2, 0.25) is 10.0 Å². The van der Waals surface area contributed by atoms with Gasteiger partial charge >= 0.3 is 0 Å². The standard InChI is InChI=1S/C18H17ClF2N2O3S/c19-14-8-18(27(22,24)25)15(21)9-17(14)26-10-16-13(2-1-7-23-16)11-3-5-12(20)6-4-11/h2-6,8-9,16,23H,1,7,10H2,(H2,22,24,25). The minimum absolute atomic E-state index is 0.00685. The molecule has 1 heterocycles. The number of sulfonamides is 1. The molecule has 27 heavy (non-hydrogen) atoms. The molecular weight excluding hydrogens is 398 g/mol. The average molecular weight is 415 g/mol. The Kier molecular flexibility index (Phi) is 5.81. The molecule has 0 aromatic heterocycles. The molecule has 5 nitrogen and oxygen atoms in total. The van der Waals surface area contributed by atoms with E-state index in [0.717, 1.165) is 36.2 Å². The summed E-state index contributed by atoms with van der Waals surface area (Å²) in [6.07, 6.45) is 2.84. The van der Waals surface area contributed by atoms with Crippen molar-refractivity contribution >= 4 is 27.2 Å². The monoisotopic (exact) mass is 414 g/mol. The van der Waals surface area contributed by atoms with Gasteiger partial charge in [0.1, 0.15) is 28.9 Å². The number of halogens is 3. The van der Waals surface area contributed by atoms with Crippen molar-refractivity contribution < 1.29 is 21.9 Å². The van der Waals surface area contributed by atoms with E-state index in [-0.39, 0.29) is 29.2 Å². The highest BCUT2D eigenvalue weighted by molar-refractivity contribution is 7.89. The fourth-order valence-corrected chi connectivity index (χ4v) is 3.76. The third-order valence-electron chi connectivity index (χ3n) is 4.15. The quantitative estimate of drug-likeness (QED) is 0.787. The molecule has 3 N–H and O–H groups in total. The largest absolute Gasteiger partial charge is 0.490 e. The summed E-state index contributed by atoms with van der Waals surface area (Å²) in [5.41, 5.74) is 1.78. The smallest absolute Gasteiger partial charge is 0.241 e. The van der Waals surface area contributed by atoms with Crippen LogP contribution >= 0.6 is 11.6 Å². The molecule has 0 bridgehead atoms. The van der Waals surface area contributed by atoms with Crippen molar-refractivity contribution in [1.82, 2.24) is 5.32 Å². The van der Waals surface area contributed by atoms with Gasteiger partial charge in [0.25, 0.3) is 0 Å². The van der Waals surface area contributed by atoms with E-state index in [1.807, 2.05) is 6.08 Å². The van der Waals surface area contributed by atoms with Crippen molar-refractivity contribution in [1.29, 1.82) is 0 Å². The molecule has 2 aromatic rings. The van der Waals surface area contributed by atoms with Crippen LogP contribution in [0.1, 0.15) is 12.0 Å². The fourth-order valence-electron chi connectivity index (χ4n) is 2.86. The van der Waals surface area contributed by atoms with Gasteiger partial charge in [-0.1, -0.05) is 29.8 Å². The maximum Gasteiger partial charge on any atom is 0.241 e. The van der Waals surface area contributed by atoms with Gasteiger partial charge < -0.3 is 10.1 Å². The van der Waals surface area contributed by atoms with Crippen LogP contribution in [-0.4, -0.2) is 27.6 Å². The van der Waals surface area contributed by atoms with Crippen LogP contribution in [0, 0.1) is 11.6 Å². The number of ether oxygens (including phenoxy) is 1. The van der Waals surface area contributed by atoms with Crippen LogP contribution in [0.15, 0.2) is 47.4 Å². The van der Waals surface area contributed by atoms with Crippen molar-refractivity contribution in [2.75, 3.05) is 13.2 Å². The predicted octanol–water partition coefficient (Wildman–Crippen LogP) is 3.09. The zero-order valence-corrected chi connectivity index (χ0v) is 15.7. The van der Waals surface area contributed by atoms with E-state index in [2.05, 4.69) is 5.32 Å². The second kappa shape index (κ2) is 7.93. The van der Waals surface area contributed by atoms with E-state index in [4.69, 9.17) is 21.5 Å². The van der Waals surface area contributed by atoms with Gasteiger partial charge in [-0.05, 0) is 42.3 Å². The molecule has 1 unspecified atom stereocenters. The zero-order chi connectivity index (χ0) is 19.6. The second-order valence-electron chi connectivity index (χ2n) is 6.03. The van der Waals surface area contributed by atoms with Gasteiger partial charge in [-0.15, -0.1) is 0 Å². The van der Waals surface area contributed by atoms with E-state index in [9.17, 15) is 17.2 Å². The van der Waals surface area contributed by atoms with Gasteiger partial charge in [0, 0.05) is 6.07 Å². The van der Waals surface area contributed by atoms with Crippen molar-refractivity contribution in [2.24, 2.45) is 5.14 Å². The van der Waals surface area contributed by atoms with E-state index in [1.165, 1.54) is 12.1 Å². The maximum absolute atomic E-state index is 14.0. The van der Waals surface area contributed by atoms with Gasteiger partial charge in [-0.3, -0.25) is 0 Å². The van der Waals surface area contributed by atoms with E-state index >= 15 is 0 Å². The molecule has 0 saturated heterocycles. The molecule has 9 heteroatoms. The first-order valence-corrected chi connectivity index (χ1v) is 10.0. The number of hydrogen-bond acceptors (Lipinski definition) is 4. The van der Waals surface area contributed by atoms with Crippen molar-refractivity contribution in [2.45, 2.75) is 17.4 Å². The molecule has 144 valence electrons. The summed E-state index contributed by atoms with van der Waals surface area (Å²) < 4.78 is 55.5. The Morgan fingerprint density at radius 3 is 2.59 bits per heavy atom. The Balaban J connectivity index is 1.79. The van der Waals surface area contributed by atoms with E-state index < -0.39 is 20.7 Å². The Morgan fingerprint density at radius 2 is 1.93 bits per heavy atom. The minimum atomic E-state index is -4.22. The first-order valence-electron chi connectivity index (χ1n) is 8.10. The third-order valence-corrected chi connectivity index (χ3v) is 5.37. The van der Waals surface area contributed by atoms with Gasteiger partial charge in [0.05, 0.1) is 11.1 Å². The zero-order valence-electron chi connectivity index (χ0n) is 14.1. The lowest BCUT2D eigenvalue weighted by Crippen LogP contribution is -2.38. The van der Waals surface area contributed by atoms with Crippen molar-refractivity contribution in [3.63, 3.8) is 0 Å². The van der Waals surface area contributed by atoms with Crippen molar-refractivity contribution in [3.05, 3.63) is 64.7 Å². The van der Waals surface area contributed by atoms with Crippen LogP contribution in [0.3, 0.4) is 0 Å². The molecule has 1 aliphatic heterocycles. The highest BCUT2D eigenvalue weighted by Crippen LogP contribution is 2.30. The van der Waals surface area contributed by atoms with Crippen molar-refractivity contribution in [3.8, 4) is 5.75 Å². The highest BCUT2D eigenvalue weighted by Gasteiger charge is 2.22. The Bertz CT molecular complexity index is 979. The molecule has 0 spiro atoms. The van der Waals surface area contributed by atoms with Crippen LogP contribution in [0.2, 0.25) is 5.02 Å². The number of benzene rings is 2. The van der Waals surface area contributed by atoms with Gasteiger partial charge in [0.15, 0.2) is 0 Å². The lowest BCUT2D eigenvalue weighted by molar-refractivity contribution is 0.287. The number of nitrogens with one attached hydrogen (secondary N) is 1. The van der Waals surface area contributed by atoms with E-state index in [0.29, 0.717) is 0 Å². The number of primary sulfonamides is 1. The van der Waals surface area contributed by atoms with Crippen LogP contribution in [-0.2, 0) is 10.0 Å². The van der Waals surface area contributed by atoms with Crippen LogP contribution in [0.4, 0.5) is 8.78 Å². The Hall–Kier alpha value is -2.00. The molecule has 1 aliphatic rings. The summed E-state index contributed by atoms with van der Waals surface area (Å²) >= 11 is 6.01. The Labute approximate surface area is 160 Å². The molecule has 1 atom stereocenters. The Morgan fingerprint density at radius 1 is 1.22 bits per heavy atom. The third kappa shape index (κ3) is 4.65. The summed E-state index contributed by atoms with van der Waals surface area (Å²) in [5, 5.41) is 8.17. The topological polar surface area (TPSA) is 81.4 Å². The summed E-state index contributed by atoms with van der Waals surface area (Å²) in [4.78, 5) is -0.692. The average Bonchev–Trinajstić information content (AvgIpc) is 2.62.